The predicted octanol–water partition coefficient (Wildman–Crippen LogP) is 2.40. The van der Waals surface area contributed by atoms with E-state index in [9.17, 15) is 18.4 Å². The number of hydrogen-bond acceptors (Lipinski definition) is 6. The quantitative estimate of drug-likeness (QED) is 0.684. The van der Waals surface area contributed by atoms with E-state index in [0.29, 0.717) is 38.0 Å². The number of halogens is 3. The normalized spacial score (nSPS) is 19.7. The van der Waals surface area contributed by atoms with E-state index >= 15 is 0 Å². The maximum absolute atomic E-state index is 12.2. The van der Waals surface area contributed by atoms with Crippen molar-refractivity contribution in [2.45, 2.75) is 57.1 Å². The molecule has 1 aliphatic heterocycles. The number of aromatic nitrogens is 2. The van der Waals surface area contributed by atoms with Gasteiger partial charge in [-0.1, -0.05) is 18.0 Å². The van der Waals surface area contributed by atoms with Crippen LogP contribution in [-0.4, -0.2) is 52.7 Å². The van der Waals surface area contributed by atoms with Crippen molar-refractivity contribution >= 4 is 23.4 Å². The van der Waals surface area contributed by atoms with E-state index in [0.717, 1.165) is 11.1 Å². The van der Waals surface area contributed by atoms with Crippen molar-refractivity contribution in [1.82, 2.24) is 9.78 Å². The molecule has 1 aromatic rings. The molecule has 2 heterocycles. The average molecular weight is 449 g/mol. The molecular weight excluding hydrogens is 422 g/mol. The number of terminal acetylenes is 1. The summed E-state index contributed by atoms with van der Waals surface area (Å²) in [5.74, 6) is -2.32. The molecule has 11 heteroatoms. The SMILES string of the molecule is C#C.FC1(F)CCCCC1.NC(=O)O[C@@H]1CCN(c2cnn(CCO)c(=O)c2Cl)C1. The molecule has 1 aliphatic carbocycles. The number of nitrogens with zero attached hydrogens (tertiary/aromatic N) is 3. The van der Waals surface area contributed by atoms with Crippen LogP contribution in [0.25, 0.3) is 0 Å². The zero-order valence-electron chi connectivity index (χ0n) is 16.6. The van der Waals surface area contributed by atoms with Gasteiger partial charge in [-0.05, 0) is 12.8 Å². The Kier molecular flexibility index (Phi) is 10.6. The van der Waals surface area contributed by atoms with Gasteiger partial charge >= 0.3 is 6.09 Å². The van der Waals surface area contributed by atoms with E-state index in [4.69, 9.17) is 27.2 Å². The predicted molar refractivity (Wildman–Crippen MR) is 110 cm³/mol. The van der Waals surface area contributed by atoms with Gasteiger partial charge in [0, 0.05) is 25.8 Å². The van der Waals surface area contributed by atoms with E-state index < -0.39 is 17.6 Å². The van der Waals surface area contributed by atoms with E-state index in [1.54, 1.807) is 0 Å². The Morgan fingerprint density at radius 1 is 1.37 bits per heavy atom. The van der Waals surface area contributed by atoms with Gasteiger partial charge in [-0.25, -0.2) is 18.3 Å². The molecule has 3 N–H and O–H groups in total. The molecular formula is C19H27ClF2N4O4. The first kappa shape index (κ1) is 25.7. The van der Waals surface area contributed by atoms with Crippen molar-refractivity contribution in [2.75, 3.05) is 24.6 Å². The Morgan fingerprint density at radius 3 is 2.50 bits per heavy atom. The third-order valence-electron chi connectivity index (χ3n) is 4.63. The van der Waals surface area contributed by atoms with Gasteiger partial charge in [-0.15, -0.1) is 12.8 Å². The Bertz CT molecular complexity index is 765. The molecule has 0 unspecified atom stereocenters. The molecule has 1 saturated heterocycles. The lowest BCUT2D eigenvalue weighted by Crippen LogP contribution is -2.30. The highest BCUT2D eigenvalue weighted by Gasteiger charge is 2.30. The molecule has 168 valence electrons. The maximum Gasteiger partial charge on any atom is 0.404 e. The third-order valence-corrected chi connectivity index (χ3v) is 4.99. The number of carbonyl (C=O) groups is 1. The van der Waals surface area contributed by atoms with Crippen LogP contribution in [-0.2, 0) is 11.3 Å². The first-order chi connectivity index (χ1) is 14.2. The zero-order chi connectivity index (χ0) is 22.7. The van der Waals surface area contributed by atoms with Crippen LogP contribution in [0, 0.1) is 12.8 Å². The number of carbonyl (C=O) groups excluding carboxylic acids is 1. The average Bonchev–Trinajstić information content (AvgIpc) is 3.15. The molecule has 0 bridgehead atoms. The number of alkyl halides is 2. The molecule has 8 nitrogen and oxygen atoms in total. The summed E-state index contributed by atoms with van der Waals surface area (Å²) in [5.41, 5.74) is 5.00. The van der Waals surface area contributed by atoms with Crippen LogP contribution < -0.4 is 16.2 Å². The first-order valence-corrected chi connectivity index (χ1v) is 9.90. The topological polar surface area (TPSA) is 111 Å². The van der Waals surface area contributed by atoms with Crippen LogP contribution in [0.5, 0.6) is 0 Å². The minimum Gasteiger partial charge on any atom is -0.444 e. The molecule has 1 aromatic heterocycles. The van der Waals surface area contributed by atoms with E-state index in [2.05, 4.69) is 17.9 Å². The van der Waals surface area contributed by atoms with Gasteiger partial charge in [0.15, 0.2) is 0 Å². The summed E-state index contributed by atoms with van der Waals surface area (Å²) >= 11 is 6.04. The Hall–Kier alpha value is -2.38. The molecule has 30 heavy (non-hydrogen) atoms. The van der Waals surface area contributed by atoms with Crippen LogP contribution in [0.3, 0.4) is 0 Å². The Labute approximate surface area is 178 Å². The number of anilines is 1. The fraction of sp³-hybridized carbons (Fsp3) is 0.632. The molecule has 1 amide bonds. The van der Waals surface area contributed by atoms with Gasteiger partial charge in [0.2, 0.25) is 5.92 Å². The van der Waals surface area contributed by atoms with E-state index in [1.807, 2.05) is 4.90 Å². The highest BCUT2D eigenvalue weighted by molar-refractivity contribution is 6.33. The monoisotopic (exact) mass is 448 g/mol. The summed E-state index contributed by atoms with van der Waals surface area (Å²) in [7, 11) is 0. The molecule has 0 spiro atoms. The first-order valence-electron chi connectivity index (χ1n) is 9.52. The lowest BCUT2D eigenvalue weighted by Gasteiger charge is -2.20. The molecule has 0 aromatic carbocycles. The summed E-state index contributed by atoms with van der Waals surface area (Å²) in [5, 5.41) is 12.8. The largest absolute Gasteiger partial charge is 0.444 e. The fourth-order valence-electron chi connectivity index (χ4n) is 3.21. The van der Waals surface area contributed by atoms with Crippen LogP contribution in [0.1, 0.15) is 38.5 Å². The van der Waals surface area contributed by atoms with Crippen LogP contribution >= 0.6 is 11.6 Å². The number of ether oxygens (including phenoxy) is 1. The molecule has 1 saturated carbocycles. The number of nitrogens with two attached hydrogens (primary N) is 1. The highest BCUT2D eigenvalue weighted by Crippen LogP contribution is 2.32. The number of amides is 1. The molecule has 2 fully saturated rings. The van der Waals surface area contributed by atoms with Gasteiger partial charge in [0.25, 0.3) is 5.56 Å². The van der Waals surface area contributed by atoms with Gasteiger partial charge in [-0.2, -0.15) is 5.10 Å². The summed E-state index contributed by atoms with van der Waals surface area (Å²) in [6.45, 7) is 0.893. The van der Waals surface area contributed by atoms with Gasteiger partial charge in [-0.3, -0.25) is 4.79 Å². The van der Waals surface area contributed by atoms with Crippen molar-refractivity contribution in [3.8, 4) is 12.8 Å². The van der Waals surface area contributed by atoms with Crippen LogP contribution in [0.2, 0.25) is 5.02 Å². The highest BCUT2D eigenvalue weighted by atomic mass is 35.5. The van der Waals surface area contributed by atoms with Crippen LogP contribution in [0.15, 0.2) is 11.0 Å². The second-order valence-corrected chi connectivity index (χ2v) is 7.18. The number of aliphatic hydroxyl groups excluding tert-OH is 1. The van der Waals surface area contributed by atoms with Crippen molar-refractivity contribution in [2.24, 2.45) is 5.73 Å². The van der Waals surface area contributed by atoms with E-state index in [1.165, 1.54) is 6.20 Å². The molecule has 3 rings (SSSR count). The zero-order valence-corrected chi connectivity index (χ0v) is 17.4. The molecule has 0 radical (unpaired) electrons. The third kappa shape index (κ3) is 7.80. The van der Waals surface area contributed by atoms with Gasteiger partial charge in [0.1, 0.15) is 11.1 Å². The standard InChI is InChI=1S/C11H15ClN4O4.C6H10F2.C2H2/c12-9-8(5-14-16(3-4-17)10(9)18)15-2-1-7(6-15)20-11(13)19;7-6(8)4-2-1-3-5-6;1-2/h5,7,17H,1-4,6H2,(H2,13,19);1-5H2;1-2H/t7-;;/m1../s1. The van der Waals surface area contributed by atoms with Crippen molar-refractivity contribution < 1.29 is 23.4 Å². The summed E-state index contributed by atoms with van der Waals surface area (Å²) < 4.78 is 30.4. The Balaban J connectivity index is 0.000000375. The number of aliphatic hydroxyl groups is 1. The lowest BCUT2D eigenvalue weighted by molar-refractivity contribution is -0.0337. The lowest BCUT2D eigenvalue weighted by atomic mass is 9.97. The fourth-order valence-corrected chi connectivity index (χ4v) is 3.47. The van der Waals surface area contributed by atoms with Crippen molar-refractivity contribution in [3.05, 3.63) is 21.6 Å². The number of hydrogen-bond donors (Lipinski definition) is 2. The summed E-state index contributed by atoms with van der Waals surface area (Å²) in [6, 6.07) is 0. The minimum atomic E-state index is -2.32. The second-order valence-electron chi connectivity index (χ2n) is 6.81. The van der Waals surface area contributed by atoms with Crippen molar-refractivity contribution in [3.63, 3.8) is 0 Å². The van der Waals surface area contributed by atoms with Crippen LogP contribution in [0.4, 0.5) is 19.3 Å². The smallest absolute Gasteiger partial charge is 0.404 e. The van der Waals surface area contributed by atoms with Gasteiger partial charge < -0.3 is 20.5 Å². The van der Waals surface area contributed by atoms with Gasteiger partial charge in [0.05, 0.1) is 31.6 Å². The number of rotatable bonds is 4. The van der Waals surface area contributed by atoms with Crippen molar-refractivity contribution in [1.29, 1.82) is 0 Å². The summed E-state index contributed by atoms with van der Waals surface area (Å²) in [6.07, 6.45) is 11.6. The second kappa shape index (κ2) is 12.3. The van der Waals surface area contributed by atoms with E-state index in [-0.39, 0.29) is 37.1 Å². The maximum atomic E-state index is 12.2. The number of primary amides is 1. The Morgan fingerprint density at radius 2 is 2.00 bits per heavy atom. The molecule has 2 aliphatic rings. The minimum absolute atomic E-state index is 0.0353. The molecule has 1 atom stereocenters. The summed E-state index contributed by atoms with van der Waals surface area (Å²) in [4.78, 5) is 24.4.